The predicted molar refractivity (Wildman–Crippen MR) is 100 cm³/mol. The largest absolute Gasteiger partial charge is 0.478 e. The number of nitrogens with one attached hydrogen (secondary N) is 3. The average Bonchev–Trinajstić information content (AvgIpc) is 3.11. The molecule has 10 nitrogen and oxygen atoms in total. The van der Waals surface area contributed by atoms with Crippen molar-refractivity contribution in [3.05, 3.63) is 34.2 Å². The zero-order valence-electron chi connectivity index (χ0n) is 14.6. The molecular formula is C16H19N7O3S. The zero-order valence-corrected chi connectivity index (χ0v) is 15.4. The SMILES string of the molecule is Cn1c(Sc2ccc(C(=O)O)cn2)nc2c(c1=O)NC(N1CCNCC1)N2. The van der Waals surface area contributed by atoms with Crippen LogP contribution in [0.5, 0.6) is 0 Å². The number of nitrogens with zero attached hydrogens (tertiary/aromatic N) is 4. The van der Waals surface area contributed by atoms with E-state index in [2.05, 4.69) is 30.8 Å². The molecule has 1 unspecified atom stereocenters. The standard InChI is InChI=1S/C16H19N7O3S/c1-22-13(24)11-12(20-15(19-11)23-6-4-17-5-7-23)21-16(22)27-10-3-2-9(8-18-10)14(25)26/h2-3,8,15,17,19-20H,4-7H2,1H3,(H,25,26). The van der Waals surface area contributed by atoms with Gasteiger partial charge in [0, 0.05) is 39.4 Å². The lowest BCUT2D eigenvalue weighted by atomic mass is 10.3. The average molecular weight is 389 g/mol. The molecule has 2 aromatic heterocycles. The van der Waals surface area contributed by atoms with Crippen molar-refractivity contribution < 1.29 is 9.90 Å². The molecule has 1 saturated heterocycles. The lowest BCUT2D eigenvalue weighted by Gasteiger charge is -2.32. The summed E-state index contributed by atoms with van der Waals surface area (Å²) in [6.45, 7) is 3.56. The number of piperazine rings is 1. The van der Waals surface area contributed by atoms with Crippen molar-refractivity contribution in [2.24, 2.45) is 7.05 Å². The highest BCUT2D eigenvalue weighted by molar-refractivity contribution is 7.99. The van der Waals surface area contributed by atoms with Crippen LogP contribution in [0.15, 0.2) is 33.3 Å². The Morgan fingerprint density at radius 2 is 2.07 bits per heavy atom. The lowest BCUT2D eigenvalue weighted by Crippen LogP contribution is -2.52. The summed E-state index contributed by atoms with van der Waals surface area (Å²) in [4.78, 5) is 34.6. The van der Waals surface area contributed by atoms with Crippen molar-refractivity contribution >= 4 is 29.2 Å². The van der Waals surface area contributed by atoms with Crippen LogP contribution < -0.4 is 21.5 Å². The van der Waals surface area contributed by atoms with Crippen molar-refractivity contribution in [2.75, 3.05) is 36.8 Å². The van der Waals surface area contributed by atoms with Crippen LogP contribution in [0.25, 0.3) is 0 Å². The monoisotopic (exact) mass is 389 g/mol. The Morgan fingerprint density at radius 1 is 1.30 bits per heavy atom. The fraction of sp³-hybridized carbons (Fsp3) is 0.375. The van der Waals surface area contributed by atoms with Crippen LogP contribution in [0.2, 0.25) is 0 Å². The maximum Gasteiger partial charge on any atom is 0.337 e. The summed E-state index contributed by atoms with van der Waals surface area (Å²) < 4.78 is 1.46. The molecule has 0 radical (unpaired) electrons. The number of aromatic nitrogens is 3. The first-order valence-electron chi connectivity index (χ1n) is 8.49. The predicted octanol–water partition coefficient (Wildman–Crippen LogP) is 0.0509. The van der Waals surface area contributed by atoms with Crippen LogP contribution in [0.1, 0.15) is 10.4 Å². The number of pyridine rings is 1. The normalized spacial score (nSPS) is 19.2. The van der Waals surface area contributed by atoms with Gasteiger partial charge in [0.1, 0.15) is 10.7 Å². The van der Waals surface area contributed by atoms with Gasteiger partial charge in [-0.3, -0.25) is 14.3 Å². The van der Waals surface area contributed by atoms with Crippen LogP contribution in [0, 0.1) is 0 Å². The van der Waals surface area contributed by atoms with Crippen LogP contribution in [0.3, 0.4) is 0 Å². The van der Waals surface area contributed by atoms with Crippen molar-refractivity contribution in [1.29, 1.82) is 0 Å². The molecule has 0 aliphatic carbocycles. The van der Waals surface area contributed by atoms with E-state index >= 15 is 0 Å². The quantitative estimate of drug-likeness (QED) is 0.533. The van der Waals surface area contributed by atoms with Gasteiger partial charge in [-0.25, -0.2) is 14.8 Å². The lowest BCUT2D eigenvalue weighted by molar-refractivity contribution is 0.0696. The van der Waals surface area contributed by atoms with Crippen molar-refractivity contribution in [3.63, 3.8) is 0 Å². The number of fused-ring (bicyclic) bond motifs is 1. The van der Waals surface area contributed by atoms with E-state index in [0.717, 1.165) is 26.2 Å². The summed E-state index contributed by atoms with van der Waals surface area (Å²) in [5, 5.41) is 19.8. The second-order valence-electron chi connectivity index (χ2n) is 6.25. The number of rotatable bonds is 4. The molecule has 1 atom stereocenters. The molecule has 2 aliphatic heterocycles. The molecular weight excluding hydrogens is 370 g/mol. The van der Waals surface area contributed by atoms with E-state index in [1.165, 1.54) is 28.6 Å². The van der Waals surface area contributed by atoms with Gasteiger partial charge in [-0.2, -0.15) is 0 Å². The number of hydrogen-bond acceptors (Lipinski definition) is 9. The Kier molecular flexibility index (Phi) is 4.72. The van der Waals surface area contributed by atoms with Crippen LogP contribution in [0.4, 0.5) is 11.5 Å². The smallest absolute Gasteiger partial charge is 0.337 e. The van der Waals surface area contributed by atoms with E-state index < -0.39 is 5.97 Å². The molecule has 4 N–H and O–H groups in total. The Balaban J connectivity index is 1.57. The number of anilines is 2. The highest BCUT2D eigenvalue weighted by atomic mass is 32.2. The van der Waals surface area contributed by atoms with Gasteiger partial charge < -0.3 is 21.1 Å². The molecule has 0 aromatic carbocycles. The molecule has 0 amide bonds. The zero-order chi connectivity index (χ0) is 19.0. The first-order chi connectivity index (χ1) is 13.0. The van der Waals surface area contributed by atoms with Crippen molar-refractivity contribution in [1.82, 2.24) is 24.8 Å². The first kappa shape index (κ1) is 17.8. The molecule has 11 heteroatoms. The summed E-state index contributed by atoms with van der Waals surface area (Å²) in [7, 11) is 1.66. The Morgan fingerprint density at radius 3 is 2.74 bits per heavy atom. The second kappa shape index (κ2) is 7.18. The van der Waals surface area contributed by atoms with Gasteiger partial charge in [-0.1, -0.05) is 0 Å². The summed E-state index contributed by atoms with van der Waals surface area (Å²) in [5.74, 6) is -0.511. The first-order valence-corrected chi connectivity index (χ1v) is 9.30. The molecule has 142 valence electrons. The third-order valence-electron chi connectivity index (χ3n) is 4.50. The highest BCUT2D eigenvalue weighted by Gasteiger charge is 2.30. The van der Waals surface area contributed by atoms with Gasteiger partial charge in [0.2, 0.25) is 0 Å². The van der Waals surface area contributed by atoms with Gasteiger partial charge in [-0.05, 0) is 23.9 Å². The van der Waals surface area contributed by atoms with Gasteiger partial charge in [0.25, 0.3) is 5.56 Å². The Labute approximate surface area is 159 Å². The van der Waals surface area contributed by atoms with E-state index in [1.807, 2.05) is 0 Å². The molecule has 4 heterocycles. The molecule has 0 saturated carbocycles. The highest BCUT2D eigenvalue weighted by Crippen LogP contribution is 2.30. The number of carboxylic acid groups (broad SMARTS) is 1. The van der Waals surface area contributed by atoms with Crippen LogP contribution in [-0.2, 0) is 7.05 Å². The summed E-state index contributed by atoms with van der Waals surface area (Å²) in [6.07, 6.45) is 1.13. The number of aromatic carboxylic acids is 1. The minimum atomic E-state index is -1.03. The maximum absolute atomic E-state index is 12.7. The number of hydrogen-bond donors (Lipinski definition) is 4. The fourth-order valence-corrected chi connectivity index (χ4v) is 3.78. The molecule has 4 rings (SSSR count). The van der Waals surface area contributed by atoms with E-state index in [9.17, 15) is 9.59 Å². The summed E-state index contributed by atoms with van der Waals surface area (Å²) in [5.41, 5.74) is 0.397. The maximum atomic E-state index is 12.7. The molecule has 27 heavy (non-hydrogen) atoms. The summed E-state index contributed by atoms with van der Waals surface area (Å²) >= 11 is 1.21. The minimum Gasteiger partial charge on any atom is -0.478 e. The van der Waals surface area contributed by atoms with Gasteiger partial charge >= 0.3 is 5.97 Å². The molecule has 1 fully saturated rings. The minimum absolute atomic E-state index is 0.111. The molecule has 0 spiro atoms. The number of carbonyl (C=O) groups is 1. The van der Waals surface area contributed by atoms with E-state index in [1.54, 1.807) is 13.1 Å². The Bertz CT molecular complexity index is 925. The number of carboxylic acids is 1. The van der Waals surface area contributed by atoms with Gasteiger partial charge in [0.15, 0.2) is 17.3 Å². The Hall–Kier alpha value is -2.63. The van der Waals surface area contributed by atoms with E-state index in [4.69, 9.17) is 5.11 Å². The van der Waals surface area contributed by atoms with Gasteiger partial charge in [0.05, 0.1) is 5.56 Å². The third-order valence-corrected chi connectivity index (χ3v) is 5.50. The van der Waals surface area contributed by atoms with Crippen molar-refractivity contribution in [3.8, 4) is 0 Å². The van der Waals surface area contributed by atoms with E-state index in [0.29, 0.717) is 21.7 Å². The third kappa shape index (κ3) is 3.48. The topological polar surface area (TPSA) is 124 Å². The van der Waals surface area contributed by atoms with Gasteiger partial charge in [-0.15, -0.1) is 0 Å². The second-order valence-corrected chi connectivity index (χ2v) is 7.24. The van der Waals surface area contributed by atoms with Crippen molar-refractivity contribution in [2.45, 2.75) is 16.5 Å². The van der Waals surface area contributed by atoms with Crippen LogP contribution in [-0.4, -0.2) is 63.0 Å². The molecule has 2 aromatic rings. The summed E-state index contributed by atoms with van der Waals surface area (Å²) in [6, 6.07) is 3.08. The molecule has 2 aliphatic rings. The fourth-order valence-electron chi connectivity index (χ4n) is 2.99. The van der Waals surface area contributed by atoms with Crippen LogP contribution >= 0.6 is 11.8 Å². The van der Waals surface area contributed by atoms with E-state index in [-0.39, 0.29) is 17.4 Å². The molecule has 0 bridgehead atoms.